The van der Waals surface area contributed by atoms with Crippen molar-refractivity contribution in [3.63, 3.8) is 0 Å². The number of carbonyl (C=O) groups is 1. The second-order valence-corrected chi connectivity index (χ2v) is 5.89. The van der Waals surface area contributed by atoms with Gasteiger partial charge in [-0.2, -0.15) is 5.10 Å². The fourth-order valence-electron chi connectivity index (χ4n) is 1.73. The van der Waals surface area contributed by atoms with Gasteiger partial charge in [0.05, 0.1) is 17.9 Å². The molecule has 1 aromatic heterocycles. The molecule has 2 rings (SSSR count). The highest BCUT2D eigenvalue weighted by molar-refractivity contribution is 8.00. The van der Waals surface area contributed by atoms with E-state index in [0.29, 0.717) is 18.2 Å². The average molecular weight is 292 g/mol. The van der Waals surface area contributed by atoms with Crippen LogP contribution >= 0.6 is 11.8 Å². The summed E-state index contributed by atoms with van der Waals surface area (Å²) >= 11 is 1.35. The van der Waals surface area contributed by atoms with Gasteiger partial charge >= 0.3 is 0 Å². The maximum absolute atomic E-state index is 13.0. The van der Waals surface area contributed by atoms with Crippen molar-refractivity contribution in [1.82, 2.24) is 9.78 Å². The molecule has 106 valence electrons. The number of halogens is 1. The SMILES string of the molecule is CC(C)n1ccc(CC(=O)CSc2cccc(F)c2)n1. The van der Waals surface area contributed by atoms with Crippen LogP contribution in [0, 0.1) is 5.82 Å². The molecule has 0 atom stereocenters. The Kier molecular flexibility index (Phi) is 4.95. The van der Waals surface area contributed by atoms with Crippen LogP contribution in [0.4, 0.5) is 4.39 Å². The van der Waals surface area contributed by atoms with E-state index in [4.69, 9.17) is 0 Å². The molecule has 0 radical (unpaired) electrons. The largest absolute Gasteiger partial charge is 0.298 e. The molecule has 0 bridgehead atoms. The summed E-state index contributed by atoms with van der Waals surface area (Å²) in [6, 6.07) is 8.43. The Morgan fingerprint density at radius 3 is 2.85 bits per heavy atom. The minimum atomic E-state index is -0.280. The summed E-state index contributed by atoms with van der Waals surface area (Å²) in [5.41, 5.74) is 0.781. The lowest BCUT2D eigenvalue weighted by atomic mass is 10.2. The fourth-order valence-corrected chi connectivity index (χ4v) is 2.53. The first-order chi connectivity index (χ1) is 9.54. The van der Waals surface area contributed by atoms with Gasteiger partial charge in [0.2, 0.25) is 0 Å². The molecule has 5 heteroatoms. The van der Waals surface area contributed by atoms with E-state index < -0.39 is 0 Å². The maximum atomic E-state index is 13.0. The molecule has 0 aliphatic rings. The third-order valence-electron chi connectivity index (χ3n) is 2.77. The van der Waals surface area contributed by atoms with Crippen molar-refractivity contribution in [2.75, 3.05) is 5.75 Å². The molecule has 0 spiro atoms. The molecular formula is C15H17FN2OS. The van der Waals surface area contributed by atoms with Crippen LogP contribution < -0.4 is 0 Å². The molecule has 0 saturated carbocycles. The Hall–Kier alpha value is -1.62. The molecule has 20 heavy (non-hydrogen) atoms. The van der Waals surface area contributed by atoms with Crippen LogP contribution in [0.25, 0.3) is 0 Å². The van der Waals surface area contributed by atoms with Gasteiger partial charge in [-0.3, -0.25) is 9.48 Å². The van der Waals surface area contributed by atoms with Gasteiger partial charge in [-0.15, -0.1) is 11.8 Å². The molecule has 1 aromatic carbocycles. The van der Waals surface area contributed by atoms with Crippen molar-refractivity contribution in [3.05, 3.63) is 48.0 Å². The number of nitrogens with zero attached hydrogens (tertiary/aromatic N) is 2. The van der Waals surface area contributed by atoms with Gasteiger partial charge in [-0.25, -0.2) is 4.39 Å². The first-order valence-corrected chi connectivity index (χ1v) is 7.47. The van der Waals surface area contributed by atoms with E-state index in [-0.39, 0.29) is 11.6 Å². The number of rotatable bonds is 6. The smallest absolute Gasteiger partial charge is 0.149 e. The second-order valence-electron chi connectivity index (χ2n) is 4.84. The molecule has 0 amide bonds. The summed E-state index contributed by atoms with van der Waals surface area (Å²) in [6.07, 6.45) is 2.20. The highest BCUT2D eigenvalue weighted by Crippen LogP contribution is 2.19. The van der Waals surface area contributed by atoms with Crippen LogP contribution in [0.5, 0.6) is 0 Å². The summed E-state index contributed by atoms with van der Waals surface area (Å²) < 4.78 is 14.8. The zero-order valence-electron chi connectivity index (χ0n) is 11.5. The molecule has 1 heterocycles. The predicted octanol–water partition coefficient (Wildman–Crippen LogP) is 3.51. The standard InChI is InChI=1S/C15H17FN2OS/c1-11(2)18-7-6-13(17-18)9-14(19)10-20-15-5-3-4-12(16)8-15/h3-8,11H,9-10H2,1-2H3. The number of aromatic nitrogens is 2. The van der Waals surface area contributed by atoms with Crippen molar-refractivity contribution in [3.8, 4) is 0 Å². The van der Waals surface area contributed by atoms with Gasteiger partial charge in [-0.05, 0) is 38.1 Å². The summed E-state index contributed by atoms with van der Waals surface area (Å²) in [6.45, 7) is 4.08. The zero-order chi connectivity index (χ0) is 14.5. The lowest BCUT2D eigenvalue weighted by molar-refractivity contribution is -0.116. The average Bonchev–Trinajstić information content (AvgIpc) is 2.85. The molecule has 0 aliphatic carbocycles. The summed E-state index contributed by atoms with van der Waals surface area (Å²) in [5, 5.41) is 4.35. The van der Waals surface area contributed by atoms with Crippen LogP contribution in [-0.4, -0.2) is 21.3 Å². The highest BCUT2D eigenvalue weighted by Gasteiger charge is 2.09. The number of thioether (sulfide) groups is 1. The Bertz CT molecular complexity index is 595. The number of ketones is 1. The summed E-state index contributed by atoms with van der Waals surface area (Å²) in [4.78, 5) is 12.7. The lowest BCUT2D eigenvalue weighted by Crippen LogP contribution is -2.08. The molecular weight excluding hydrogens is 275 g/mol. The van der Waals surface area contributed by atoms with E-state index in [1.165, 1.54) is 23.9 Å². The quantitative estimate of drug-likeness (QED) is 0.764. The van der Waals surface area contributed by atoms with Crippen molar-refractivity contribution in [1.29, 1.82) is 0 Å². The minimum absolute atomic E-state index is 0.0910. The first kappa shape index (κ1) is 14.8. The van der Waals surface area contributed by atoms with Crippen LogP contribution in [0.2, 0.25) is 0 Å². The topological polar surface area (TPSA) is 34.9 Å². The van der Waals surface area contributed by atoms with Gasteiger partial charge in [-0.1, -0.05) is 6.07 Å². The monoisotopic (exact) mass is 292 g/mol. The van der Waals surface area contributed by atoms with Crippen LogP contribution in [0.3, 0.4) is 0 Å². The van der Waals surface area contributed by atoms with E-state index >= 15 is 0 Å². The molecule has 0 unspecified atom stereocenters. The van der Waals surface area contributed by atoms with E-state index in [1.807, 2.05) is 30.8 Å². The fraction of sp³-hybridized carbons (Fsp3) is 0.333. The number of carbonyl (C=O) groups excluding carboxylic acids is 1. The molecule has 0 saturated heterocycles. The molecule has 3 nitrogen and oxygen atoms in total. The third-order valence-corrected chi connectivity index (χ3v) is 3.82. The van der Waals surface area contributed by atoms with Crippen molar-refractivity contribution in [2.45, 2.75) is 31.2 Å². The number of hydrogen-bond acceptors (Lipinski definition) is 3. The zero-order valence-corrected chi connectivity index (χ0v) is 12.4. The Morgan fingerprint density at radius 1 is 1.40 bits per heavy atom. The molecule has 0 aliphatic heterocycles. The van der Waals surface area contributed by atoms with Crippen molar-refractivity contribution in [2.24, 2.45) is 0 Å². The van der Waals surface area contributed by atoms with Gasteiger partial charge in [0.1, 0.15) is 11.6 Å². The van der Waals surface area contributed by atoms with Gasteiger partial charge in [0, 0.05) is 17.1 Å². The molecule has 0 N–H and O–H groups in total. The Labute approximate surface area is 122 Å². The lowest BCUT2D eigenvalue weighted by Gasteiger charge is -2.04. The van der Waals surface area contributed by atoms with Gasteiger partial charge in [0.15, 0.2) is 0 Å². The Morgan fingerprint density at radius 2 is 2.20 bits per heavy atom. The Balaban J connectivity index is 1.86. The minimum Gasteiger partial charge on any atom is -0.298 e. The van der Waals surface area contributed by atoms with E-state index in [2.05, 4.69) is 5.10 Å². The van der Waals surface area contributed by atoms with E-state index in [1.54, 1.807) is 12.1 Å². The van der Waals surface area contributed by atoms with Crippen LogP contribution in [0.1, 0.15) is 25.6 Å². The maximum Gasteiger partial charge on any atom is 0.149 e. The van der Waals surface area contributed by atoms with Gasteiger partial charge in [0.25, 0.3) is 0 Å². The van der Waals surface area contributed by atoms with E-state index in [9.17, 15) is 9.18 Å². The third kappa shape index (κ3) is 4.20. The van der Waals surface area contributed by atoms with Crippen molar-refractivity contribution < 1.29 is 9.18 Å². The number of Topliss-reactive ketones (excluding diaryl/α,β-unsaturated/α-hetero) is 1. The van der Waals surface area contributed by atoms with Crippen LogP contribution in [0.15, 0.2) is 41.4 Å². The highest BCUT2D eigenvalue weighted by atomic mass is 32.2. The normalized spacial score (nSPS) is 11.0. The van der Waals surface area contributed by atoms with Gasteiger partial charge < -0.3 is 0 Å². The predicted molar refractivity (Wildman–Crippen MR) is 78.4 cm³/mol. The summed E-state index contributed by atoms with van der Waals surface area (Å²) in [7, 11) is 0. The van der Waals surface area contributed by atoms with E-state index in [0.717, 1.165) is 10.6 Å². The first-order valence-electron chi connectivity index (χ1n) is 6.48. The number of hydrogen-bond donors (Lipinski definition) is 0. The summed E-state index contributed by atoms with van der Waals surface area (Å²) in [5.74, 6) is 0.143. The molecule has 2 aromatic rings. The van der Waals surface area contributed by atoms with Crippen LogP contribution in [-0.2, 0) is 11.2 Å². The molecule has 0 fully saturated rings. The number of benzene rings is 1. The second kappa shape index (κ2) is 6.70. The van der Waals surface area contributed by atoms with Crippen molar-refractivity contribution >= 4 is 17.5 Å².